The van der Waals surface area contributed by atoms with E-state index in [0.717, 1.165) is 33.9 Å². The number of hydrogen-bond donors (Lipinski definition) is 2. The molecule has 0 spiro atoms. The molecule has 0 aromatic heterocycles. The Bertz CT molecular complexity index is 717. The highest BCUT2D eigenvalue weighted by molar-refractivity contribution is 5.61. The largest absolute Gasteiger partial charge is 0.496 e. The molecule has 1 heterocycles. The number of ether oxygens (including phenoxy) is 3. The molecule has 1 unspecified atom stereocenters. The molecule has 1 aliphatic heterocycles. The molecule has 3 rings (SSSR count). The quantitative estimate of drug-likeness (QED) is 0.803. The van der Waals surface area contributed by atoms with Crippen LogP contribution < -0.4 is 14.8 Å². The Labute approximate surface area is 148 Å². The molecular formula is C20H25NO4. The van der Waals surface area contributed by atoms with Gasteiger partial charge in [0.15, 0.2) is 0 Å². The predicted octanol–water partition coefficient (Wildman–Crippen LogP) is 3.66. The number of para-hydroxylation sites is 1. The average Bonchev–Trinajstić information content (AvgIpc) is 2.65. The van der Waals surface area contributed by atoms with Gasteiger partial charge in [0.1, 0.15) is 11.5 Å². The molecule has 2 N–H and O–H groups in total. The molecule has 0 saturated heterocycles. The summed E-state index contributed by atoms with van der Waals surface area (Å²) in [4.78, 5) is 0. The Hall–Kier alpha value is -2.24. The fourth-order valence-corrected chi connectivity index (χ4v) is 3.01. The van der Waals surface area contributed by atoms with E-state index in [4.69, 9.17) is 14.2 Å². The van der Waals surface area contributed by atoms with Crippen LogP contribution in [-0.2, 0) is 17.9 Å². The van der Waals surface area contributed by atoms with E-state index in [1.165, 1.54) is 0 Å². The molecule has 0 radical (unpaired) electrons. The number of methoxy groups -OCH3 is 1. The van der Waals surface area contributed by atoms with Crippen LogP contribution in [0.2, 0.25) is 0 Å². The summed E-state index contributed by atoms with van der Waals surface area (Å²) in [6, 6.07) is 11.9. The minimum absolute atomic E-state index is 0.454. The third-order valence-corrected chi connectivity index (χ3v) is 4.33. The van der Waals surface area contributed by atoms with Crippen LogP contribution in [0.4, 0.5) is 5.69 Å². The van der Waals surface area contributed by atoms with Crippen molar-refractivity contribution in [2.45, 2.75) is 32.6 Å². The highest BCUT2D eigenvalue weighted by Gasteiger charge is 2.21. The topological polar surface area (TPSA) is 60.0 Å². The first kappa shape index (κ1) is 17.6. The summed E-state index contributed by atoms with van der Waals surface area (Å²) in [5, 5.41) is 13.5. The molecule has 25 heavy (non-hydrogen) atoms. The van der Waals surface area contributed by atoms with E-state index in [2.05, 4.69) is 11.4 Å². The summed E-state index contributed by atoms with van der Waals surface area (Å²) in [5.41, 5.74) is 3.91. The molecule has 0 saturated carbocycles. The van der Waals surface area contributed by atoms with Crippen LogP contribution in [0.1, 0.15) is 36.1 Å². The van der Waals surface area contributed by atoms with Crippen molar-refractivity contribution in [3.63, 3.8) is 0 Å². The van der Waals surface area contributed by atoms with Crippen molar-refractivity contribution in [3.8, 4) is 11.5 Å². The molecule has 1 atom stereocenters. The van der Waals surface area contributed by atoms with E-state index in [0.29, 0.717) is 32.8 Å². The van der Waals surface area contributed by atoms with Gasteiger partial charge < -0.3 is 24.6 Å². The molecule has 0 aliphatic carbocycles. The average molecular weight is 343 g/mol. The zero-order valence-electron chi connectivity index (χ0n) is 14.7. The van der Waals surface area contributed by atoms with Crippen LogP contribution in [0, 0.1) is 0 Å². The molecule has 0 amide bonds. The molecule has 134 valence electrons. The minimum Gasteiger partial charge on any atom is -0.496 e. The van der Waals surface area contributed by atoms with E-state index < -0.39 is 6.10 Å². The van der Waals surface area contributed by atoms with E-state index in [-0.39, 0.29) is 0 Å². The molecular weight excluding hydrogens is 318 g/mol. The summed E-state index contributed by atoms with van der Waals surface area (Å²) in [6.45, 7) is 4.36. The maximum Gasteiger partial charge on any atom is 0.148 e. The van der Waals surface area contributed by atoms with Crippen LogP contribution >= 0.6 is 0 Å². The summed E-state index contributed by atoms with van der Waals surface area (Å²) >= 11 is 0. The third-order valence-electron chi connectivity index (χ3n) is 4.33. The number of aliphatic hydroxyl groups excluding tert-OH is 1. The molecule has 0 bridgehead atoms. The lowest BCUT2D eigenvalue weighted by molar-refractivity contribution is 0.116. The van der Waals surface area contributed by atoms with Gasteiger partial charge in [-0.05, 0) is 30.7 Å². The first-order valence-corrected chi connectivity index (χ1v) is 8.64. The van der Waals surface area contributed by atoms with Crippen molar-refractivity contribution in [2.75, 3.05) is 25.6 Å². The van der Waals surface area contributed by atoms with Gasteiger partial charge in [-0.1, -0.05) is 18.2 Å². The molecule has 5 heteroatoms. The van der Waals surface area contributed by atoms with Crippen LogP contribution in [0.15, 0.2) is 36.4 Å². The van der Waals surface area contributed by atoms with Gasteiger partial charge in [-0.25, -0.2) is 0 Å². The number of rotatable bonds is 7. The fraction of sp³-hybridized carbons (Fsp3) is 0.400. The lowest BCUT2D eigenvalue weighted by Crippen LogP contribution is -2.15. The van der Waals surface area contributed by atoms with Gasteiger partial charge >= 0.3 is 0 Å². The van der Waals surface area contributed by atoms with Crippen LogP contribution in [0.25, 0.3) is 0 Å². The van der Waals surface area contributed by atoms with Gasteiger partial charge in [-0.3, -0.25) is 0 Å². The van der Waals surface area contributed by atoms with Gasteiger partial charge in [-0.2, -0.15) is 0 Å². The number of fused-ring (bicyclic) bond motifs is 1. The molecule has 2 aromatic carbocycles. The van der Waals surface area contributed by atoms with Crippen molar-refractivity contribution >= 4 is 5.69 Å². The summed E-state index contributed by atoms with van der Waals surface area (Å²) in [6.07, 6.45) is 0.180. The van der Waals surface area contributed by atoms with Crippen molar-refractivity contribution in [3.05, 3.63) is 53.1 Å². The second-order valence-corrected chi connectivity index (χ2v) is 6.01. The minimum atomic E-state index is -0.454. The number of anilines is 1. The fourth-order valence-electron chi connectivity index (χ4n) is 3.01. The Balaban J connectivity index is 1.75. The normalized spacial score (nSPS) is 16.0. The van der Waals surface area contributed by atoms with Crippen LogP contribution in [0.3, 0.4) is 0 Å². The maximum atomic E-state index is 10.1. The number of benzene rings is 2. The van der Waals surface area contributed by atoms with Crippen LogP contribution in [-0.4, -0.2) is 25.4 Å². The molecule has 2 aromatic rings. The Kier molecular flexibility index (Phi) is 5.79. The Morgan fingerprint density at radius 2 is 2.16 bits per heavy atom. The Morgan fingerprint density at radius 1 is 1.28 bits per heavy atom. The number of hydrogen-bond acceptors (Lipinski definition) is 5. The zero-order chi connectivity index (χ0) is 17.6. The standard InChI is InChI=1S/C20H25NO4/c1-3-24-13-15-11-14(7-8-19(15)23-2)12-21-17-6-4-5-16-18(22)9-10-25-20(16)17/h4-8,11,18,21-22H,3,9-10,12-13H2,1-2H3. The van der Waals surface area contributed by atoms with Crippen molar-refractivity contribution in [1.82, 2.24) is 0 Å². The van der Waals surface area contributed by atoms with Gasteiger partial charge in [-0.15, -0.1) is 0 Å². The van der Waals surface area contributed by atoms with E-state index in [1.54, 1.807) is 7.11 Å². The van der Waals surface area contributed by atoms with Gasteiger partial charge in [0, 0.05) is 30.7 Å². The highest BCUT2D eigenvalue weighted by atomic mass is 16.5. The lowest BCUT2D eigenvalue weighted by Gasteiger charge is -2.24. The van der Waals surface area contributed by atoms with Gasteiger partial charge in [0.05, 0.1) is 32.1 Å². The first-order valence-electron chi connectivity index (χ1n) is 8.64. The second kappa shape index (κ2) is 8.23. The summed E-state index contributed by atoms with van der Waals surface area (Å²) in [5.74, 6) is 1.59. The number of aliphatic hydroxyl groups is 1. The monoisotopic (exact) mass is 343 g/mol. The van der Waals surface area contributed by atoms with Crippen molar-refractivity contribution in [2.24, 2.45) is 0 Å². The maximum absolute atomic E-state index is 10.1. The molecule has 5 nitrogen and oxygen atoms in total. The van der Waals surface area contributed by atoms with E-state index in [1.807, 2.05) is 37.3 Å². The Morgan fingerprint density at radius 3 is 2.96 bits per heavy atom. The van der Waals surface area contributed by atoms with Gasteiger partial charge in [0.2, 0.25) is 0 Å². The summed E-state index contributed by atoms with van der Waals surface area (Å²) < 4.78 is 16.7. The molecule has 1 aliphatic rings. The van der Waals surface area contributed by atoms with Crippen molar-refractivity contribution < 1.29 is 19.3 Å². The third kappa shape index (κ3) is 4.06. The van der Waals surface area contributed by atoms with Crippen LogP contribution in [0.5, 0.6) is 11.5 Å². The van der Waals surface area contributed by atoms with E-state index in [9.17, 15) is 5.11 Å². The smallest absolute Gasteiger partial charge is 0.148 e. The lowest BCUT2D eigenvalue weighted by atomic mass is 10.0. The SMILES string of the molecule is CCOCc1cc(CNc2cccc3c2OCCC3O)ccc1OC. The zero-order valence-corrected chi connectivity index (χ0v) is 14.7. The number of nitrogens with one attached hydrogen (secondary N) is 1. The van der Waals surface area contributed by atoms with E-state index >= 15 is 0 Å². The second-order valence-electron chi connectivity index (χ2n) is 6.01. The predicted molar refractivity (Wildman–Crippen MR) is 97.2 cm³/mol. The summed E-state index contributed by atoms with van der Waals surface area (Å²) in [7, 11) is 1.67. The van der Waals surface area contributed by atoms with Gasteiger partial charge in [0.25, 0.3) is 0 Å². The first-order chi connectivity index (χ1) is 12.2. The van der Waals surface area contributed by atoms with Crippen molar-refractivity contribution in [1.29, 1.82) is 0 Å². The highest BCUT2D eigenvalue weighted by Crippen LogP contribution is 2.38. The molecule has 0 fully saturated rings.